The number of benzene rings is 11. The molecular weight excluding hydrogens is 926 g/mol. The third-order valence-corrected chi connectivity index (χ3v) is 17.2. The summed E-state index contributed by atoms with van der Waals surface area (Å²) >= 11 is 1.88. The van der Waals surface area contributed by atoms with E-state index in [1.54, 1.807) is 0 Å². The first-order chi connectivity index (χ1) is 37.2. The first-order valence-corrected chi connectivity index (χ1v) is 26.7. The van der Waals surface area contributed by atoms with Crippen molar-refractivity contribution in [2.24, 2.45) is 0 Å². The largest absolute Gasteiger partial charge is 0.412 e. The van der Waals surface area contributed by atoms with Gasteiger partial charge in [-0.15, -0.1) is 11.3 Å². The number of para-hydroxylation sites is 4. The second kappa shape index (κ2) is 16.6. The van der Waals surface area contributed by atoms with Crippen LogP contribution in [0.3, 0.4) is 0 Å². The molecule has 4 aliphatic rings. The lowest BCUT2D eigenvalue weighted by molar-refractivity contribution is 1.39. The molecule has 0 saturated carbocycles. The number of hydrogen-bond acceptors (Lipinski definition) is 5. The van der Waals surface area contributed by atoms with Crippen LogP contribution in [0.15, 0.2) is 267 Å². The molecule has 5 heterocycles. The van der Waals surface area contributed by atoms with Crippen molar-refractivity contribution in [3.8, 4) is 33.4 Å². The molecule has 0 atom stereocenters. The van der Waals surface area contributed by atoms with Crippen LogP contribution in [0.25, 0.3) is 91.4 Å². The molecule has 16 rings (SSSR count). The molecule has 4 nitrogen and oxygen atoms in total. The van der Waals surface area contributed by atoms with Gasteiger partial charge in [-0.25, -0.2) is 0 Å². The highest BCUT2D eigenvalue weighted by molar-refractivity contribution is 7.26. The molecule has 12 aromatic rings. The monoisotopic (exact) mass is 970 g/mol. The number of anilines is 6. The molecule has 0 amide bonds. The maximum absolute atomic E-state index is 2.49. The Kier molecular flexibility index (Phi) is 9.36. The van der Waals surface area contributed by atoms with Crippen molar-refractivity contribution < 1.29 is 0 Å². The van der Waals surface area contributed by atoms with E-state index in [4.69, 9.17) is 0 Å². The van der Waals surface area contributed by atoms with Crippen molar-refractivity contribution >= 4 is 117 Å². The second-order valence-electron chi connectivity index (χ2n) is 20.1. The normalized spacial score (nSPS) is 14.4. The van der Waals surface area contributed by atoms with Crippen molar-refractivity contribution in [3.63, 3.8) is 0 Å². The van der Waals surface area contributed by atoms with Crippen LogP contribution in [-0.2, 0) is 0 Å². The van der Waals surface area contributed by atoms with Gasteiger partial charge in [0.05, 0.1) is 22.7 Å². The molecule has 348 valence electrons. The molecule has 4 aliphatic heterocycles. The van der Waals surface area contributed by atoms with Crippen LogP contribution in [0.5, 0.6) is 0 Å². The Morgan fingerprint density at radius 2 is 0.853 bits per heavy atom. The van der Waals surface area contributed by atoms with E-state index in [1.165, 1.54) is 125 Å². The average molecular weight is 971 g/mol. The van der Waals surface area contributed by atoms with Crippen LogP contribution < -0.4 is 19.2 Å². The van der Waals surface area contributed by atoms with E-state index < -0.39 is 0 Å². The Morgan fingerprint density at radius 3 is 1.57 bits per heavy atom. The van der Waals surface area contributed by atoms with Crippen LogP contribution in [-0.4, -0.2) is 14.0 Å². The molecule has 0 spiro atoms. The van der Waals surface area contributed by atoms with Gasteiger partial charge >= 0.3 is 14.0 Å². The fourth-order valence-corrected chi connectivity index (χ4v) is 13.8. The average Bonchev–Trinajstić information content (AvgIpc) is 4.16. The van der Waals surface area contributed by atoms with Gasteiger partial charge in [-0.2, -0.15) is 0 Å². The van der Waals surface area contributed by atoms with Crippen molar-refractivity contribution in [1.82, 2.24) is 0 Å². The van der Waals surface area contributed by atoms with Gasteiger partial charge in [0, 0.05) is 37.7 Å². The molecule has 7 heteroatoms. The number of fused-ring (bicyclic) bond motifs is 15. The number of allylic oxidation sites excluding steroid dienone is 4. The van der Waals surface area contributed by atoms with E-state index in [2.05, 4.69) is 286 Å². The number of hydrogen-bond donors (Lipinski definition) is 0. The van der Waals surface area contributed by atoms with Crippen molar-refractivity contribution in [2.45, 2.75) is 0 Å². The smallest absolute Gasteiger partial charge is 0.367 e. The molecule has 0 saturated heterocycles. The molecule has 0 radical (unpaired) electrons. The minimum atomic E-state index is -0.0134. The maximum atomic E-state index is 2.49. The summed E-state index contributed by atoms with van der Waals surface area (Å²) in [6.45, 7) is 0.0844. The van der Waals surface area contributed by atoms with Crippen molar-refractivity contribution in [1.29, 1.82) is 0 Å². The standard InChI is InChI=1S/C68H44B2N4S/c1-2-22-56-55(21-1)61-42-48(47-17-13-19-52(41-47)73-65-28-6-4-26-63(65)71-38-10-9-36-69(71)73)31-33-57(61)58-34-32-49(43-62(56)58)51-35-37-70-72(44-51)64-27-5-7-29-66(64)74(70)53-20-12-16-46(40-53)45-15-11-18-50(39-45)54-24-14-25-60-59-23-3-8-30-67(59)75-68(54)60/h1-44H. The van der Waals surface area contributed by atoms with Crippen LogP contribution >= 0.6 is 11.3 Å². The van der Waals surface area contributed by atoms with Gasteiger partial charge in [0.25, 0.3) is 0 Å². The SMILES string of the molecule is C1=CB2N(C=C1)c1ccccc1N2c1cccc(-c2ccc3c4ccc(C5=CN6B(C=C5)N(c5cccc(-c7cccc(-c8cccc9c8sc8ccccc89)c7)c5)c5ccccc56)cc4c4ccccc4c3c2)c1. The fourth-order valence-electron chi connectivity index (χ4n) is 12.5. The van der Waals surface area contributed by atoms with Gasteiger partial charge in [0.1, 0.15) is 0 Å². The summed E-state index contributed by atoms with van der Waals surface area (Å²) in [6.07, 6.45) is 11.1. The molecule has 75 heavy (non-hydrogen) atoms. The highest BCUT2D eigenvalue weighted by Gasteiger charge is 2.41. The summed E-state index contributed by atoms with van der Waals surface area (Å²) in [6, 6.07) is 83.2. The highest BCUT2D eigenvalue weighted by Crippen LogP contribution is 2.49. The predicted octanol–water partition coefficient (Wildman–Crippen LogP) is 18.2. The molecule has 0 N–H and O–H groups in total. The first kappa shape index (κ1) is 42.2. The Balaban J connectivity index is 0.727. The molecule has 11 aromatic carbocycles. The van der Waals surface area contributed by atoms with Crippen LogP contribution in [0, 0.1) is 0 Å². The number of nitrogens with zero attached hydrogens (tertiary/aromatic N) is 4. The Hall–Kier alpha value is -9.29. The van der Waals surface area contributed by atoms with Crippen molar-refractivity contribution in [2.75, 3.05) is 19.2 Å². The summed E-state index contributed by atoms with van der Waals surface area (Å²) in [7, 11) is 0. The molecule has 0 unspecified atom stereocenters. The van der Waals surface area contributed by atoms with Crippen LogP contribution in [0.2, 0.25) is 0 Å². The van der Waals surface area contributed by atoms with E-state index in [1.807, 2.05) is 11.3 Å². The maximum Gasteiger partial charge on any atom is 0.412 e. The molecular formula is C68H44B2N4S. The highest BCUT2D eigenvalue weighted by atomic mass is 32.1. The zero-order chi connectivity index (χ0) is 49.1. The lowest BCUT2D eigenvalue weighted by Gasteiger charge is -2.29. The summed E-state index contributed by atoms with van der Waals surface area (Å²) in [4.78, 5) is 9.74. The summed E-state index contributed by atoms with van der Waals surface area (Å²) in [5.74, 6) is 4.65. The Morgan fingerprint density at radius 1 is 0.333 bits per heavy atom. The lowest BCUT2D eigenvalue weighted by atomic mass is 9.70. The third kappa shape index (κ3) is 6.58. The van der Waals surface area contributed by atoms with Crippen LogP contribution in [0.4, 0.5) is 34.1 Å². The Bertz CT molecular complexity index is 4490. The minimum absolute atomic E-state index is 0.0134. The fraction of sp³-hybridized carbons (Fsp3) is 0. The lowest BCUT2D eigenvalue weighted by Crippen LogP contribution is -2.43. The van der Waals surface area contributed by atoms with Crippen molar-refractivity contribution in [3.05, 3.63) is 273 Å². The van der Waals surface area contributed by atoms with E-state index in [-0.39, 0.29) is 14.0 Å². The minimum Gasteiger partial charge on any atom is -0.367 e. The van der Waals surface area contributed by atoms with E-state index in [0.717, 1.165) is 5.69 Å². The summed E-state index contributed by atoms with van der Waals surface area (Å²) in [5, 5.41) is 10.2. The van der Waals surface area contributed by atoms with Crippen LogP contribution in [0.1, 0.15) is 5.56 Å². The van der Waals surface area contributed by atoms with Gasteiger partial charge < -0.3 is 19.2 Å². The quantitative estimate of drug-likeness (QED) is 0.122. The number of rotatable bonds is 6. The number of thiophene rings is 1. The second-order valence-corrected chi connectivity index (χ2v) is 21.1. The Labute approximate surface area is 440 Å². The molecule has 0 bridgehead atoms. The molecule has 0 fully saturated rings. The third-order valence-electron chi connectivity index (χ3n) is 16.0. The summed E-state index contributed by atoms with van der Waals surface area (Å²) in [5.41, 5.74) is 16.9. The van der Waals surface area contributed by atoms with E-state index in [0.29, 0.717) is 0 Å². The first-order valence-electron chi connectivity index (χ1n) is 25.9. The molecule has 1 aromatic heterocycles. The zero-order valence-electron chi connectivity index (χ0n) is 40.8. The van der Waals surface area contributed by atoms with E-state index in [9.17, 15) is 0 Å². The van der Waals surface area contributed by atoms with Gasteiger partial charge in [-0.1, -0.05) is 176 Å². The topological polar surface area (TPSA) is 13.0 Å². The van der Waals surface area contributed by atoms with Gasteiger partial charge in [0.15, 0.2) is 0 Å². The van der Waals surface area contributed by atoms with E-state index >= 15 is 0 Å². The van der Waals surface area contributed by atoms with Gasteiger partial charge in [-0.05, 0) is 162 Å². The molecule has 0 aliphatic carbocycles. The van der Waals surface area contributed by atoms with Gasteiger partial charge in [-0.3, -0.25) is 0 Å². The predicted molar refractivity (Wildman–Crippen MR) is 324 cm³/mol. The summed E-state index contributed by atoms with van der Waals surface area (Å²) < 4.78 is 2.66. The zero-order valence-corrected chi connectivity index (χ0v) is 41.6. The van der Waals surface area contributed by atoms with Gasteiger partial charge in [0.2, 0.25) is 0 Å².